The van der Waals surface area contributed by atoms with Crippen LogP contribution in [0.3, 0.4) is 0 Å². The highest BCUT2D eigenvalue weighted by atomic mass is 19.1. The molecule has 0 saturated carbocycles. The van der Waals surface area contributed by atoms with Crippen molar-refractivity contribution in [3.05, 3.63) is 95.3 Å². The zero-order chi connectivity index (χ0) is 22.5. The number of hydrogen-bond donors (Lipinski definition) is 1. The molecule has 4 rings (SSSR count). The first-order valence-corrected chi connectivity index (χ1v) is 10.5. The molecule has 1 aliphatic heterocycles. The highest BCUT2D eigenvalue weighted by Gasteiger charge is 2.23. The normalized spacial score (nSPS) is 14.8. The Morgan fingerprint density at radius 1 is 0.875 bits per heavy atom. The van der Waals surface area contributed by atoms with Crippen LogP contribution in [0.4, 0.5) is 13.2 Å². The lowest BCUT2D eigenvalue weighted by atomic mass is 10.0. The van der Waals surface area contributed by atoms with Gasteiger partial charge in [0.15, 0.2) is 11.6 Å². The third kappa shape index (κ3) is 5.29. The fourth-order valence-electron chi connectivity index (χ4n) is 3.74. The maximum absolute atomic E-state index is 13.9. The number of amides is 1. The lowest BCUT2D eigenvalue weighted by molar-refractivity contribution is 0.0908. The van der Waals surface area contributed by atoms with E-state index in [1.165, 1.54) is 30.3 Å². The first-order valence-electron chi connectivity index (χ1n) is 10.5. The average molecular weight is 440 g/mol. The fraction of sp³-hybridized carbons (Fsp3) is 0.240. The van der Waals surface area contributed by atoms with Gasteiger partial charge in [0.2, 0.25) is 0 Å². The molecule has 1 amide bonds. The summed E-state index contributed by atoms with van der Waals surface area (Å²) in [6, 6.07) is 16.5. The molecule has 4 nitrogen and oxygen atoms in total. The Morgan fingerprint density at radius 2 is 1.50 bits per heavy atom. The number of carbonyl (C=O) groups excluding carboxylic acids is 1. The minimum Gasteiger partial charge on any atom is -0.454 e. The molecule has 0 spiro atoms. The van der Waals surface area contributed by atoms with Crippen LogP contribution in [0, 0.1) is 17.5 Å². The third-order valence-corrected chi connectivity index (χ3v) is 5.55. The van der Waals surface area contributed by atoms with Gasteiger partial charge in [-0.3, -0.25) is 9.69 Å². The van der Waals surface area contributed by atoms with Crippen molar-refractivity contribution < 1.29 is 22.7 Å². The molecule has 0 unspecified atom stereocenters. The van der Waals surface area contributed by atoms with Crippen molar-refractivity contribution >= 4 is 5.91 Å². The lowest BCUT2D eigenvalue weighted by Crippen LogP contribution is -2.44. The molecule has 7 heteroatoms. The molecule has 0 aliphatic carbocycles. The number of carbonyl (C=O) groups is 1. The van der Waals surface area contributed by atoms with Crippen LogP contribution in [0.15, 0.2) is 66.7 Å². The molecule has 166 valence electrons. The zero-order valence-electron chi connectivity index (χ0n) is 17.4. The number of piperidine rings is 1. The first kappa shape index (κ1) is 21.9. The van der Waals surface area contributed by atoms with E-state index >= 15 is 0 Å². The first-order chi connectivity index (χ1) is 15.5. The maximum atomic E-state index is 13.9. The number of hydrogen-bond acceptors (Lipinski definition) is 3. The quantitative estimate of drug-likeness (QED) is 0.566. The molecule has 1 aliphatic rings. The van der Waals surface area contributed by atoms with Gasteiger partial charge in [-0.15, -0.1) is 0 Å². The Morgan fingerprint density at radius 3 is 2.16 bits per heavy atom. The van der Waals surface area contributed by atoms with Gasteiger partial charge in [0.1, 0.15) is 17.4 Å². The predicted octanol–water partition coefficient (Wildman–Crippen LogP) is 5.29. The van der Waals surface area contributed by atoms with E-state index in [-0.39, 0.29) is 29.8 Å². The Balaban J connectivity index is 1.28. The molecule has 32 heavy (non-hydrogen) atoms. The minimum atomic E-state index is -0.539. The third-order valence-electron chi connectivity index (χ3n) is 5.55. The number of ether oxygens (including phenoxy) is 1. The van der Waals surface area contributed by atoms with E-state index in [1.54, 1.807) is 36.4 Å². The van der Waals surface area contributed by atoms with Gasteiger partial charge in [0.25, 0.3) is 5.91 Å². The van der Waals surface area contributed by atoms with Crippen molar-refractivity contribution in [1.29, 1.82) is 0 Å². The number of rotatable bonds is 6. The smallest absolute Gasteiger partial charge is 0.251 e. The highest BCUT2D eigenvalue weighted by Crippen LogP contribution is 2.24. The second-order valence-electron chi connectivity index (χ2n) is 7.78. The predicted molar refractivity (Wildman–Crippen MR) is 115 cm³/mol. The van der Waals surface area contributed by atoms with Crippen molar-refractivity contribution in [2.24, 2.45) is 0 Å². The van der Waals surface area contributed by atoms with E-state index < -0.39 is 17.5 Å². The largest absolute Gasteiger partial charge is 0.454 e. The molecule has 1 N–H and O–H groups in total. The van der Waals surface area contributed by atoms with E-state index in [0.29, 0.717) is 37.2 Å². The van der Waals surface area contributed by atoms with Crippen LogP contribution in [-0.2, 0) is 6.54 Å². The molecule has 0 bridgehead atoms. The Kier molecular flexibility index (Phi) is 6.75. The average Bonchev–Trinajstić information content (AvgIpc) is 2.79. The highest BCUT2D eigenvalue weighted by molar-refractivity contribution is 5.94. The SMILES string of the molecule is O=C(NC1CCN(Cc2c(F)cccc2F)CC1)c1ccc(Oc2ccccc2F)cc1. The van der Waals surface area contributed by atoms with E-state index in [0.717, 1.165) is 0 Å². The van der Waals surface area contributed by atoms with Gasteiger partial charge in [-0.1, -0.05) is 18.2 Å². The molecule has 0 aromatic heterocycles. The summed E-state index contributed by atoms with van der Waals surface area (Å²) in [4.78, 5) is 14.6. The van der Waals surface area contributed by atoms with Gasteiger partial charge < -0.3 is 10.1 Å². The fourth-order valence-corrected chi connectivity index (χ4v) is 3.74. The van der Waals surface area contributed by atoms with Crippen LogP contribution in [-0.4, -0.2) is 29.9 Å². The summed E-state index contributed by atoms with van der Waals surface area (Å²) >= 11 is 0. The topological polar surface area (TPSA) is 41.6 Å². The van der Waals surface area contributed by atoms with Gasteiger partial charge in [0.05, 0.1) is 0 Å². The zero-order valence-corrected chi connectivity index (χ0v) is 17.4. The summed E-state index contributed by atoms with van der Waals surface area (Å²) < 4.78 is 46.9. The van der Waals surface area contributed by atoms with Gasteiger partial charge >= 0.3 is 0 Å². The number of para-hydroxylation sites is 1. The minimum absolute atomic E-state index is 0.0152. The summed E-state index contributed by atoms with van der Waals surface area (Å²) in [5.74, 6) is -1.20. The maximum Gasteiger partial charge on any atom is 0.251 e. The standard InChI is InChI=1S/C25H23F3N2O2/c26-21-5-3-6-22(27)20(21)16-30-14-12-18(13-15-30)29-25(31)17-8-10-19(11-9-17)32-24-7-2-1-4-23(24)28/h1-11,18H,12-16H2,(H,29,31). The number of halogens is 3. The van der Waals surface area contributed by atoms with Crippen molar-refractivity contribution in [2.45, 2.75) is 25.4 Å². The Bertz CT molecular complexity index is 1060. The molecule has 0 atom stereocenters. The van der Waals surface area contributed by atoms with Crippen LogP contribution in [0.25, 0.3) is 0 Å². The van der Waals surface area contributed by atoms with Crippen molar-refractivity contribution in [3.63, 3.8) is 0 Å². The number of benzene rings is 3. The monoisotopic (exact) mass is 440 g/mol. The van der Waals surface area contributed by atoms with Crippen molar-refractivity contribution in [3.8, 4) is 11.5 Å². The second kappa shape index (κ2) is 9.87. The molecular formula is C25H23F3N2O2. The summed E-state index contributed by atoms with van der Waals surface area (Å²) in [5.41, 5.74) is 0.550. The second-order valence-corrected chi connectivity index (χ2v) is 7.78. The summed E-state index contributed by atoms with van der Waals surface area (Å²) in [7, 11) is 0. The van der Waals surface area contributed by atoms with Gasteiger partial charge in [0, 0.05) is 36.8 Å². The molecule has 1 fully saturated rings. The van der Waals surface area contributed by atoms with Gasteiger partial charge in [-0.2, -0.15) is 0 Å². The number of nitrogens with zero attached hydrogens (tertiary/aromatic N) is 1. The molecule has 0 radical (unpaired) electrons. The molecule has 3 aromatic rings. The summed E-state index contributed by atoms with van der Waals surface area (Å²) in [6.07, 6.45) is 1.38. The number of nitrogens with one attached hydrogen (secondary N) is 1. The lowest BCUT2D eigenvalue weighted by Gasteiger charge is -2.32. The van der Waals surface area contributed by atoms with Crippen molar-refractivity contribution in [2.75, 3.05) is 13.1 Å². The molecule has 1 saturated heterocycles. The van der Waals surface area contributed by atoms with Crippen LogP contribution >= 0.6 is 0 Å². The molecule has 3 aromatic carbocycles. The van der Waals surface area contributed by atoms with E-state index in [1.807, 2.05) is 4.90 Å². The van der Waals surface area contributed by atoms with Crippen LogP contribution < -0.4 is 10.1 Å². The summed E-state index contributed by atoms with van der Waals surface area (Å²) in [6.45, 7) is 1.48. The van der Waals surface area contributed by atoms with Crippen molar-refractivity contribution in [1.82, 2.24) is 10.2 Å². The molecular weight excluding hydrogens is 417 g/mol. The number of likely N-dealkylation sites (tertiary alicyclic amines) is 1. The van der Waals surface area contributed by atoms with E-state index in [2.05, 4.69) is 5.32 Å². The van der Waals surface area contributed by atoms with Crippen LogP contribution in [0.5, 0.6) is 11.5 Å². The Hall–Kier alpha value is -3.32. The van der Waals surface area contributed by atoms with Crippen LogP contribution in [0.2, 0.25) is 0 Å². The van der Waals surface area contributed by atoms with Gasteiger partial charge in [-0.25, -0.2) is 13.2 Å². The van der Waals surface area contributed by atoms with Crippen LogP contribution in [0.1, 0.15) is 28.8 Å². The van der Waals surface area contributed by atoms with E-state index in [4.69, 9.17) is 4.74 Å². The van der Waals surface area contributed by atoms with E-state index in [9.17, 15) is 18.0 Å². The molecule has 1 heterocycles. The Labute approximate surface area is 184 Å². The summed E-state index contributed by atoms with van der Waals surface area (Å²) in [5, 5.41) is 3.01. The van der Waals surface area contributed by atoms with Gasteiger partial charge in [-0.05, 0) is 61.4 Å².